The Kier molecular flexibility index (Phi) is 5.35. The van der Waals surface area contributed by atoms with E-state index < -0.39 is 0 Å². The van der Waals surface area contributed by atoms with Crippen LogP contribution < -0.4 is 0 Å². The van der Waals surface area contributed by atoms with Gasteiger partial charge in [-0.1, -0.05) is 11.6 Å². The maximum Gasteiger partial charge on any atom is 0.0267 e. The molecule has 0 saturated heterocycles. The Balaban J connectivity index is 0.000000180. The second-order valence-electron chi connectivity index (χ2n) is 2.23. The predicted molar refractivity (Wildman–Crippen MR) is 44.7 cm³/mol. The van der Waals surface area contributed by atoms with Crippen molar-refractivity contribution in [1.29, 1.82) is 0 Å². The quantitative estimate of drug-likeness (QED) is 0.498. The van der Waals surface area contributed by atoms with Gasteiger partial charge in [-0.3, -0.25) is 4.98 Å². The molecule has 1 heteroatoms. The van der Waals surface area contributed by atoms with Crippen LogP contribution in [0, 0.1) is 0 Å². The van der Waals surface area contributed by atoms with E-state index in [9.17, 15) is 0 Å². The van der Waals surface area contributed by atoms with Gasteiger partial charge in [0.1, 0.15) is 0 Å². The van der Waals surface area contributed by atoms with Crippen LogP contribution in [-0.4, -0.2) is 4.98 Å². The first-order valence-electron chi connectivity index (χ1n) is 3.20. The molecule has 0 saturated carbocycles. The van der Waals surface area contributed by atoms with Gasteiger partial charge in [-0.25, -0.2) is 0 Å². The van der Waals surface area contributed by atoms with Gasteiger partial charge in [-0.2, -0.15) is 0 Å². The molecule has 0 amide bonds. The van der Waals surface area contributed by atoms with Crippen LogP contribution in [0.3, 0.4) is 0 Å². The van der Waals surface area contributed by atoms with Crippen molar-refractivity contribution in [3.8, 4) is 0 Å². The molecule has 1 heterocycles. The molecule has 1 aromatic heterocycles. The molecule has 0 aliphatic rings. The van der Waals surface area contributed by atoms with Crippen LogP contribution in [0.25, 0.3) is 0 Å². The van der Waals surface area contributed by atoms with E-state index in [4.69, 9.17) is 0 Å². The normalized spacial score (nSPS) is 7.40. The van der Waals surface area contributed by atoms with Crippen molar-refractivity contribution in [2.45, 2.75) is 13.8 Å². The van der Waals surface area contributed by atoms with E-state index in [2.05, 4.69) is 11.6 Å². The molecule has 0 spiro atoms. The van der Waals surface area contributed by atoms with Gasteiger partial charge in [0.05, 0.1) is 0 Å². The summed E-state index contributed by atoms with van der Waals surface area (Å²) in [6, 6.07) is 5.72. The number of pyridine rings is 1. The number of hydrogen-bond acceptors (Lipinski definition) is 1. The third-order valence-electron chi connectivity index (χ3n) is 0.566. The number of rotatable bonds is 0. The van der Waals surface area contributed by atoms with Gasteiger partial charge < -0.3 is 0 Å². The first-order valence-corrected chi connectivity index (χ1v) is 3.20. The van der Waals surface area contributed by atoms with Gasteiger partial charge in [-0.15, -0.1) is 6.58 Å². The van der Waals surface area contributed by atoms with Crippen LogP contribution >= 0.6 is 0 Å². The highest BCUT2D eigenvalue weighted by Crippen LogP contribution is 1.74. The van der Waals surface area contributed by atoms with Crippen LogP contribution in [0.5, 0.6) is 0 Å². The Morgan fingerprint density at radius 3 is 1.60 bits per heavy atom. The summed E-state index contributed by atoms with van der Waals surface area (Å²) in [5.41, 5.74) is 1.17. The number of nitrogens with zero attached hydrogens (tertiary/aromatic N) is 1. The molecule has 0 aliphatic heterocycles. The molecular formula is C9H13N. The Morgan fingerprint density at radius 2 is 1.50 bits per heavy atom. The summed E-state index contributed by atoms with van der Waals surface area (Å²) < 4.78 is 0. The molecule has 10 heavy (non-hydrogen) atoms. The highest BCUT2D eigenvalue weighted by Gasteiger charge is 1.58. The fourth-order valence-electron chi connectivity index (χ4n) is 0.313. The Labute approximate surface area is 62.4 Å². The standard InChI is InChI=1S/C5H5N.C4H8/c1-2-4-6-5-3-1;1-4(2)3/h1-5H;1H2,2-3H3. The fraction of sp³-hybridized carbons (Fsp3) is 0.222. The second-order valence-corrected chi connectivity index (χ2v) is 2.23. The molecule has 0 fully saturated rings. The Hall–Kier alpha value is -1.11. The summed E-state index contributed by atoms with van der Waals surface area (Å²) in [5, 5.41) is 0. The van der Waals surface area contributed by atoms with Crippen molar-refractivity contribution in [3.63, 3.8) is 0 Å². The third-order valence-corrected chi connectivity index (χ3v) is 0.566. The highest BCUT2D eigenvalue weighted by molar-refractivity contribution is 4.88. The summed E-state index contributed by atoms with van der Waals surface area (Å²) in [7, 11) is 0. The van der Waals surface area contributed by atoms with Crippen LogP contribution in [0.2, 0.25) is 0 Å². The Morgan fingerprint density at radius 1 is 1.10 bits per heavy atom. The Bertz CT molecular complexity index is 137. The summed E-state index contributed by atoms with van der Waals surface area (Å²) in [6.45, 7) is 7.50. The molecule has 0 aromatic carbocycles. The van der Waals surface area contributed by atoms with Crippen molar-refractivity contribution < 1.29 is 0 Å². The van der Waals surface area contributed by atoms with Crippen LogP contribution in [0.15, 0.2) is 42.7 Å². The smallest absolute Gasteiger partial charge is 0.0267 e. The van der Waals surface area contributed by atoms with Crippen molar-refractivity contribution >= 4 is 0 Å². The zero-order chi connectivity index (χ0) is 7.82. The monoisotopic (exact) mass is 135 g/mol. The lowest BCUT2D eigenvalue weighted by atomic mass is 10.4. The minimum atomic E-state index is 1.17. The largest absolute Gasteiger partial charge is 0.265 e. The molecule has 1 rings (SSSR count). The zero-order valence-electron chi connectivity index (χ0n) is 6.54. The lowest BCUT2D eigenvalue weighted by Gasteiger charge is -1.70. The first kappa shape index (κ1) is 8.89. The van der Waals surface area contributed by atoms with E-state index in [0.717, 1.165) is 0 Å². The maximum atomic E-state index is 3.78. The van der Waals surface area contributed by atoms with Gasteiger partial charge in [-0.05, 0) is 26.0 Å². The van der Waals surface area contributed by atoms with E-state index >= 15 is 0 Å². The maximum absolute atomic E-state index is 3.78. The summed E-state index contributed by atoms with van der Waals surface area (Å²) in [6.07, 6.45) is 3.50. The molecule has 1 nitrogen and oxygen atoms in total. The molecular weight excluding hydrogens is 122 g/mol. The summed E-state index contributed by atoms with van der Waals surface area (Å²) >= 11 is 0. The molecule has 0 aliphatic carbocycles. The lowest BCUT2D eigenvalue weighted by Crippen LogP contribution is -1.58. The minimum Gasteiger partial charge on any atom is -0.265 e. The van der Waals surface area contributed by atoms with E-state index in [1.165, 1.54) is 5.57 Å². The summed E-state index contributed by atoms with van der Waals surface area (Å²) in [4.78, 5) is 3.78. The van der Waals surface area contributed by atoms with Crippen LogP contribution in [-0.2, 0) is 0 Å². The average molecular weight is 135 g/mol. The van der Waals surface area contributed by atoms with Gasteiger partial charge in [0.25, 0.3) is 0 Å². The fourth-order valence-corrected chi connectivity index (χ4v) is 0.313. The molecule has 0 N–H and O–H groups in total. The van der Waals surface area contributed by atoms with Gasteiger partial charge in [0.2, 0.25) is 0 Å². The average Bonchev–Trinajstić information content (AvgIpc) is 1.90. The number of allylic oxidation sites excluding steroid dienone is 1. The SMILES string of the molecule is C=C(C)C.c1ccncc1. The second kappa shape index (κ2) is 6.02. The van der Waals surface area contributed by atoms with Gasteiger partial charge >= 0.3 is 0 Å². The number of hydrogen-bond donors (Lipinski definition) is 0. The van der Waals surface area contributed by atoms with E-state index in [0.29, 0.717) is 0 Å². The summed E-state index contributed by atoms with van der Waals surface area (Å²) in [5.74, 6) is 0. The molecule has 1 aromatic rings. The van der Waals surface area contributed by atoms with E-state index in [1.54, 1.807) is 12.4 Å². The first-order chi connectivity index (χ1) is 4.73. The minimum absolute atomic E-state index is 1.17. The van der Waals surface area contributed by atoms with Crippen LogP contribution in [0.1, 0.15) is 13.8 Å². The molecule has 0 unspecified atom stereocenters. The molecule has 0 atom stereocenters. The van der Waals surface area contributed by atoms with Crippen LogP contribution in [0.4, 0.5) is 0 Å². The molecule has 54 valence electrons. The lowest BCUT2D eigenvalue weighted by molar-refractivity contribution is 1.33. The third kappa shape index (κ3) is 10.00. The molecule has 0 radical (unpaired) electrons. The van der Waals surface area contributed by atoms with Crippen molar-refractivity contribution in [2.75, 3.05) is 0 Å². The predicted octanol–water partition coefficient (Wildman–Crippen LogP) is 2.66. The van der Waals surface area contributed by atoms with E-state index in [-0.39, 0.29) is 0 Å². The van der Waals surface area contributed by atoms with Crippen molar-refractivity contribution in [1.82, 2.24) is 4.98 Å². The van der Waals surface area contributed by atoms with Crippen molar-refractivity contribution in [2.24, 2.45) is 0 Å². The van der Waals surface area contributed by atoms with E-state index in [1.807, 2.05) is 32.0 Å². The van der Waals surface area contributed by atoms with Crippen molar-refractivity contribution in [3.05, 3.63) is 42.7 Å². The zero-order valence-corrected chi connectivity index (χ0v) is 6.54. The molecule has 0 bridgehead atoms. The highest BCUT2D eigenvalue weighted by atomic mass is 14.6. The van der Waals surface area contributed by atoms with Gasteiger partial charge in [0.15, 0.2) is 0 Å². The topological polar surface area (TPSA) is 12.9 Å². The number of aromatic nitrogens is 1. The van der Waals surface area contributed by atoms with Gasteiger partial charge in [0, 0.05) is 12.4 Å².